The molecular formula is C11H20N2O6. The van der Waals surface area contributed by atoms with Crippen molar-refractivity contribution in [2.45, 2.75) is 37.7 Å². The third-order valence-corrected chi connectivity index (χ3v) is 2.50. The Morgan fingerprint density at radius 2 is 1.68 bits per heavy atom. The first-order chi connectivity index (χ1) is 8.81. The second-order valence-electron chi connectivity index (χ2n) is 4.28. The average molecular weight is 276 g/mol. The van der Waals surface area contributed by atoms with E-state index in [1.807, 2.05) is 0 Å². The normalized spacial score (nSPS) is 13.6. The molecule has 0 aromatic heterocycles. The summed E-state index contributed by atoms with van der Waals surface area (Å²) in [4.78, 5) is 32.7. The Bertz CT molecular complexity index is 333. The Kier molecular flexibility index (Phi) is 7.69. The van der Waals surface area contributed by atoms with E-state index in [0.717, 1.165) is 12.8 Å². The molecule has 1 atom stereocenters. The number of carboxylic acid groups (broad SMARTS) is 2. The third-order valence-electron chi connectivity index (χ3n) is 2.50. The molecule has 0 aromatic rings. The van der Waals surface area contributed by atoms with Gasteiger partial charge in [-0.05, 0) is 19.4 Å². The van der Waals surface area contributed by atoms with Gasteiger partial charge in [0.05, 0.1) is 12.8 Å². The van der Waals surface area contributed by atoms with Crippen LogP contribution in [-0.2, 0) is 14.4 Å². The second kappa shape index (κ2) is 8.44. The van der Waals surface area contributed by atoms with E-state index in [9.17, 15) is 19.5 Å². The minimum Gasteiger partial charge on any atom is -0.481 e. The number of carbonyl (C=O) groups is 3. The van der Waals surface area contributed by atoms with Crippen molar-refractivity contribution in [3.8, 4) is 0 Å². The van der Waals surface area contributed by atoms with Gasteiger partial charge in [-0.1, -0.05) is 6.42 Å². The molecule has 0 aliphatic heterocycles. The van der Waals surface area contributed by atoms with Gasteiger partial charge < -0.3 is 26.4 Å². The van der Waals surface area contributed by atoms with Gasteiger partial charge in [0.2, 0.25) is 5.91 Å². The molecule has 1 amide bonds. The summed E-state index contributed by atoms with van der Waals surface area (Å²) in [5.41, 5.74) is 2.72. The predicted molar refractivity (Wildman–Crippen MR) is 65.4 cm³/mol. The van der Waals surface area contributed by atoms with Crippen molar-refractivity contribution >= 4 is 17.8 Å². The fourth-order valence-corrected chi connectivity index (χ4v) is 1.47. The molecule has 0 bridgehead atoms. The van der Waals surface area contributed by atoms with Crippen LogP contribution in [0.3, 0.4) is 0 Å². The number of amides is 1. The molecule has 0 unspecified atom stereocenters. The minimum absolute atomic E-state index is 0.335. The molecule has 0 heterocycles. The van der Waals surface area contributed by atoms with Crippen molar-refractivity contribution in [2.24, 2.45) is 5.73 Å². The van der Waals surface area contributed by atoms with Crippen LogP contribution in [0.2, 0.25) is 0 Å². The van der Waals surface area contributed by atoms with Crippen molar-refractivity contribution in [1.29, 1.82) is 0 Å². The fourth-order valence-electron chi connectivity index (χ4n) is 1.47. The Morgan fingerprint density at radius 3 is 2.16 bits per heavy atom. The Labute approximate surface area is 110 Å². The van der Waals surface area contributed by atoms with Gasteiger partial charge >= 0.3 is 11.9 Å². The van der Waals surface area contributed by atoms with Crippen molar-refractivity contribution in [3.05, 3.63) is 0 Å². The molecular weight excluding hydrogens is 256 g/mol. The van der Waals surface area contributed by atoms with Crippen LogP contribution in [0.1, 0.15) is 32.1 Å². The number of rotatable bonds is 10. The fraction of sp³-hybridized carbons (Fsp3) is 0.727. The molecule has 0 fully saturated rings. The lowest BCUT2D eigenvalue weighted by Crippen LogP contribution is -2.45. The lowest BCUT2D eigenvalue weighted by molar-refractivity contribution is -0.167. The summed E-state index contributed by atoms with van der Waals surface area (Å²) in [5, 5.41) is 29.3. The third kappa shape index (κ3) is 7.37. The van der Waals surface area contributed by atoms with Gasteiger partial charge in [-0.3, -0.25) is 9.59 Å². The number of carbonyl (C=O) groups excluding carboxylic acids is 1. The number of unbranched alkanes of at least 4 members (excludes halogenated alkanes) is 2. The molecule has 8 nitrogen and oxygen atoms in total. The number of nitrogens with two attached hydrogens (primary N) is 1. The van der Waals surface area contributed by atoms with Crippen molar-refractivity contribution in [3.63, 3.8) is 0 Å². The number of aliphatic hydroxyl groups is 1. The van der Waals surface area contributed by atoms with Gasteiger partial charge in [-0.25, -0.2) is 4.79 Å². The van der Waals surface area contributed by atoms with Crippen LogP contribution < -0.4 is 11.1 Å². The largest absolute Gasteiger partial charge is 0.481 e. The molecule has 8 heteroatoms. The van der Waals surface area contributed by atoms with Crippen LogP contribution in [0.5, 0.6) is 0 Å². The summed E-state index contributed by atoms with van der Waals surface area (Å²) < 4.78 is 0. The smallest absolute Gasteiger partial charge is 0.336 e. The Hall–Kier alpha value is -1.67. The maximum Gasteiger partial charge on any atom is 0.336 e. The maximum absolute atomic E-state index is 11.4. The number of hydrogen-bond acceptors (Lipinski definition) is 5. The molecule has 110 valence electrons. The summed E-state index contributed by atoms with van der Waals surface area (Å²) in [6.45, 7) is 0.896. The predicted octanol–water partition coefficient (Wildman–Crippen LogP) is -1.09. The monoisotopic (exact) mass is 276 g/mol. The Balaban J connectivity index is 4.18. The highest BCUT2D eigenvalue weighted by molar-refractivity contribution is 5.90. The zero-order valence-corrected chi connectivity index (χ0v) is 10.6. The van der Waals surface area contributed by atoms with E-state index in [1.165, 1.54) is 0 Å². The highest BCUT2D eigenvalue weighted by atomic mass is 16.4. The van der Waals surface area contributed by atoms with Gasteiger partial charge in [0.25, 0.3) is 0 Å². The van der Waals surface area contributed by atoms with Crippen LogP contribution in [0.25, 0.3) is 0 Å². The topological polar surface area (TPSA) is 150 Å². The van der Waals surface area contributed by atoms with Crippen LogP contribution in [0.4, 0.5) is 0 Å². The number of carboxylic acids is 2. The van der Waals surface area contributed by atoms with Crippen LogP contribution in [0, 0.1) is 0 Å². The first kappa shape index (κ1) is 17.3. The van der Waals surface area contributed by atoms with Crippen LogP contribution in [-0.4, -0.2) is 51.9 Å². The Morgan fingerprint density at radius 1 is 1.05 bits per heavy atom. The molecule has 0 saturated heterocycles. The van der Waals surface area contributed by atoms with Crippen molar-refractivity contribution in [1.82, 2.24) is 5.32 Å². The summed E-state index contributed by atoms with van der Waals surface area (Å²) in [5.74, 6) is -3.91. The minimum atomic E-state index is -2.58. The number of aliphatic carboxylic acids is 2. The van der Waals surface area contributed by atoms with Crippen molar-refractivity contribution < 1.29 is 29.7 Å². The second-order valence-corrected chi connectivity index (χ2v) is 4.28. The first-order valence-electron chi connectivity index (χ1n) is 5.96. The van der Waals surface area contributed by atoms with E-state index in [1.54, 1.807) is 0 Å². The highest BCUT2D eigenvalue weighted by Gasteiger charge is 2.40. The maximum atomic E-state index is 11.4. The molecule has 0 saturated carbocycles. The summed E-state index contributed by atoms with van der Waals surface area (Å²) in [7, 11) is 0. The van der Waals surface area contributed by atoms with Gasteiger partial charge in [0, 0.05) is 6.54 Å². The average Bonchev–Trinajstić information content (AvgIpc) is 2.27. The van der Waals surface area contributed by atoms with Gasteiger partial charge in [-0.2, -0.15) is 0 Å². The van der Waals surface area contributed by atoms with Gasteiger partial charge in [-0.15, -0.1) is 0 Å². The van der Waals surface area contributed by atoms with Gasteiger partial charge in [0.15, 0.2) is 5.60 Å². The molecule has 0 aliphatic rings. The van der Waals surface area contributed by atoms with Crippen LogP contribution in [0.15, 0.2) is 0 Å². The lowest BCUT2D eigenvalue weighted by Gasteiger charge is -2.20. The molecule has 0 spiro atoms. The first-order valence-corrected chi connectivity index (χ1v) is 5.96. The quantitative estimate of drug-likeness (QED) is 0.318. The zero-order valence-electron chi connectivity index (χ0n) is 10.6. The summed E-state index contributed by atoms with van der Waals surface area (Å²) in [6.07, 6.45) is 0.533. The highest BCUT2D eigenvalue weighted by Crippen LogP contribution is 2.16. The summed E-state index contributed by atoms with van der Waals surface area (Å²) >= 11 is 0. The van der Waals surface area contributed by atoms with E-state index in [-0.39, 0.29) is 0 Å². The number of nitrogens with one attached hydrogen (secondary N) is 1. The molecule has 0 aliphatic carbocycles. The lowest BCUT2D eigenvalue weighted by atomic mass is 9.95. The van der Waals surface area contributed by atoms with E-state index in [4.69, 9.17) is 15.9 Å². The molecule has 0 radical (unpaired) electrons. The molecule has 0 rings (SSSR count). The molecule has 19 heavy (non-hydrogen) atoms. The van der Waals surface area contributed by atoms with E-state index >= 15 is 0 Å². The summed E-state index contributed by atoms with van der Waals surface area (Å²) in [6, 6.07) is 0. The SMILES string of the molecule is NCCCCCNC(=O)C[C@](O)(CC(=O)O)C(=O)O. The van der Waals surface area contributed by atoms with Crippen LogP contribution >= 0.6 is 0 Å². The standard InChI is InChI=1S/C11H20N2O6/c12-4-2-1-3-5-13-8(14)6-11(19,10(17)18)7-9(15)16/h19H,1-7,12H2,(H,13,14)(H,15,16)(H,17,18)/t11-/m0/s1. The van der Waals surface area contributed by atoms with Gasteiger partial charge in [0.1, 0.15) is 0 Å². The van der Waals surface area contributed by atoms with E-state index < -0.39 is 36.3 Å². The molecule has 6 N–H and O–H groups in total. The van der Waals surface area contributed by atoms with E-state index in [2.05, 4.69) is 5.32 Å². The van der Waals surface area contributed by atoms with Crippen molar-refractivity contribution in [2.75, 3.05) is 13.1 Å². The molecule has 0 aromatic carbocycles. The number of hydrogen-bond donors (Lipinski definition) is 5. The van der Waals surface area contributed by atoms with E-state index in [0.29, 0.717) is 19.5 Å². The zero-order chi connectivity index (χ0) is 14.9.